The van der Waals surface area contributed by atoms with E-state index in [1.807, 2.05) is 33.9 Å². The topological polar surface area (TPSA) is 80.7 Å². The molecule has 1 rings (SSSR count). The lowest BCUT2D eigenvalue weighted by molar-refractivity contribution is 0.0694. The maximum absolute atomic E-state index is 13.1. The highest BCUT2D eigenvalue weighted by atomic mass is 32.3. The van der Waals surface area contributed by atoms with E-state index in [2.05, 4.69) is 0 Å². The van der Waals surface area contributed by atoms with Crippen molar-refractivity contribution in [3.8, 4) is 5.75 Å². The van der Waals surface area contributed by atoms with Gasteiger partial charge in [0, 0.05) is 6.07 Å². The van der Waals surface area contributed by atoms with Crippen molar-refractivity contribution in [1.82, 2.24) is 0 Å². The van der Waals surface area contributed by atoms with Crippen molar-refractivity contribution in [3.63, 3.8) is 0 Å². The molecule has 0 aliphatic heterocycles. The van der Waals surface area contributed by atoms with Gasteiger partial charge in [-0.1, -0.05) is 20.8 Å². The SMILES string of the molecule is CC(C)(C)[Si](C)(C)Oc1cc(S(=O)(=O)F)ccc1C(=O)O. The van der Waals surface area contributed by atoms with Crippen molar-refractivity contribution >= 4 is 24.5 Å². The molecular weight excluding hydrogens is 315 g/mol. The third kappa shape index (κ3) is 4.04. The Balaban J connectivity index is 3.42. The number of hydrogen-bond donors (Lipinski definition) is 1. The first-order chi connectivity index (χ1) is 9.25. The van der Waals surface area contributed by atoms with Crippen molar-refractivity contribution in [1.29, 1.82) is 0 Å². The maximum atomic E-state index is 13.1. The minimum absolute atomic E-state index is 0.118. The van der Waals surface area contributed by atoms with E-state index in [9.17, 15) is 17.1 Å². The third-order valence-electron chi connectivity index (χ3n) is 3.64. The highest BCUT2D eigenvalue weighted by molar-refractivity contribution is 7.86. The molecule has 0 aliphatic carbocycles. The van der Waals surface area contributed by atoms with E-state index in [1.54, 1.807) is 0 Å². The highest BCUT2D eigenvalue weighted by Crippen LogP contribution is 2.38. The largest absolute Gasteiger partial charge is 0.543 e. The Morgan fingerprint density at radius 3 is 2.19 bits per heavy atom. The fourth-order valence-corrected chi connectivity index (χ4v) is 2.85. The molecule has 0 atom stereocenters. The summed E-state index contributed by atoms with van der Waals surface area (Å²) >= 11 is 0. The van der Waals surface area contributed by atoms with Crippen LogP contribution in [-0.4, -0.2) is 27.8 Å². The summed E-state index contributed by atoms with van der Waals surface area (Å²) in [6, 6.07) is 2.88. The van der Waals surface area contributed by atoms with E-state index in [0.717, 1.165) is 18.2 Å². The fraction of sp³-hybridized carbons (Fsp3) is 0.462. The second-order valence-corrected chi connectivity index (χ2v) is 12.3. The Bertz CT molecular complexity index is 662. The lowest BCUT2D eigenvalue weighted by Crippen LogP contribution is -2.44. The van der Waals surface area contributed by atoms with Crippen LogP contribution < -0.4 is 4.43 Å². The number of carbonyl (C=O) groups is 1. The summed E-state index contributed by atoms with van der Waals surface area (Å²) in [4.78, 5) is 10.6. The molecule has 0 heterocycles. The monoisotopic (exact) mass is 334 g/mol. The van der Waals surface area contributed by atoms with Gasteiger partial charge in [-0.15, -0.1) is 3.89 Å². The molecule has 1 aromatic carbocycles. The van der Waals surface area contributed by atoms with Crippen LogP contribution in [0.1, 0.15) is 31.1 Å². The van der Waals surface area contributed by atoms with Crippen molar-refractivity contribution in [2.45, 2.75) is 43.8 Å². The molecule has 0 fully saturated rings. The van der Waals surface area contributed by atoms with Gasteiger partial charge in [-0.3, -0.25) is 0 Å². The second-order valence-electron chi connectivity index (χ2n) is 6.26. The van der Waals surface area contributed by atoms with Crippen LogP contribution in [0, 0.1) is 0 Å². The van der Waals surface area contributed by atoms with Gasteiger partial charge < -0.3 is 9.53 Å². The predicted octanol–water partition coefficient (Wildman–Crippen LogP) is 3.43. The number of hydrogen-bond acceptors (Lipinski definition) is 4. The normalized spacial score (nSPS) is 13.0. The molecule has 5 nitrogen and oxygen atoms in total. The van der Waals surface area contributed by atoms with E-state index in [4.69, 9.17) is 9.53 Å². The van der Waals surface area contributed by atoms with Crippen LogP contribution in [0.15, 0.2) is 23.1 Å². The molecule has 0 bridgehead atoms. The fourth-order valence-electron chi connectivity index (χ4n) is 1.34. The number of aromatic carboxylic acids is 1. The molecule has 0 saturated carbocycles. The van der Waals surface area contributed by atoms with Gasteiger partial charge in [0.05, 0.1) is 0 Å². The summed E-state index contributed by atoms with van der Waals surface area (Å²) in [6.45, 7) is 9.63. The highest BCUT2D eigenvalue weighted by Gasteiger charge is 2.40. The van der Waals surface area contributed by atoms with Gasteiger partial charge in [-0.05, 0) is 30.3 Å². The molecule has 0 aromatic heterocycles. The van der Waals surface area contributed by atoms with Crippen LogP contribution in [0.3, 0.4) is 0 Å². The second kappa shape index (κ2) is 5.41. The van der Waals surface area contributed by atoms with Crippen molar-refractivity contribution < 1.29 is 26.6 Å². The molecule has 21 heavy (non-hydrogen) atoms. The molecule has 0 unspecified atom stereocenters. The standard InChI is InChI=1S/C13H19FO5SSi/c1-13(2,3)21(4,5)19-11-8-9(20(14,17)18)6-7-10(11)12(15)16/h6-8H,1-5H3,(H,15,16). The molecule has 0 aliphatic rings. The number of benzene rings is 1. The molecule has 0 saturated heterocycles. The number of rotatable bonds is 4. The Kier molecular flexibility index (Phi) is 4.55. The van der Waals surface area contributed by atoms with Gasteiger partial charge in [0.25, 0.3) is 8.32 Å². The molecule has 0 spiro atoms. The first-order valence-electron chi connectivity index (χ1n) is 6.27. The number of carboxylic acids is 1. The summed E-state index contributed by atoms with van der Waals surface area (Å²) in [5.41, 5.74) is -0.188. The van der Waals surface area contributed by atoms with Crippen LogP contribution in [-0.2, 0) is 10.2 Å². The summed E-state index contributed by atoms with van der Waals surface area (Å²) in [6.07, 6.45) is 0. The molecular formula is C13H19FO5SSi. The Morgan fingerprint density at radius 1 is 1.29 bits per heavy atom. The quantitative estimate of drug-likeness (QED) is 0.674. The number of carboxylic acid groups (broad SMARTS) is 1. The van der Waals surface area contributed by atoms with Crippen molar-refractivity contribution in [2.75, 3.05) is 0 Å². The summed E-state index contributed by atoms with van der Waals surface area (Å²) in [5, 5.41) is 8.94. The molecule has 1 N–H and O–H groups in total. The third-order valence-corrected chi connectivity index (χ3v) is 8.80. The van der Waals surface area contributed by atoms with Gasteiger partial charge >= 0.3 is 16.2 Å². The Hall–Kier alpha value is -1.41. The van der Waals surface area contributed by atoms with Crippen LogP contribution >= 0.6 is 0 Å². The lowest BCUT2D eigenvalue weighted by Gasteiger charge is -2.36. The van der Waals surface area contributed by atoms with Gasteiger partial charge in [0.15, 0.2) is 0 Å². The summed E-state index contributed by atoms with van der Waals surface area (Å²) < 4.78 is 40.8. The average molecular weight is 334 g/mol. The first-order valence-corrected chi connectivity index (χ1v) is 10.6. The van der Waals surface area contributed by atoms with Crippen molar-refractivity contribution in [3.05, 3.63) is 23.8 Å². The zero-order valence-corrected chi connectivity index (χ0v) is 14.4. The molecule has 118 valence electrons. The smallest absolute Gasteiger partial charge is 0.339 e. The van der Waals surface area contributed by atoms with Crippen LogP contribution in [0.5, 0.6) is 5.75 Å². The van der Waals surface area contributed by atoms with Gasteiger partial charge in [0.2, 0.25) is 0 Å². The lowest BCUT2D eigenvalue weighted by atomic mass is 10.2. The number of halogens is 1. The first kappa shape index (κ1) is 17.6. The Labute approximate surface area is 125 Å². The van der Waals surface area contributed by atoms with E-state index in [-0.39, 0.29) is 16.4 Å². The van der Waals surface area contributed by atoms with Crippen LogP contribution in [0.2, 0.25) is 18.1 Å². The van der Waals surface area contributed by atoms with E-state index in [0.29, 0.717) is 0 Å². The zero-order chi connectivity index (χ0) is 16.6. The van der Waals surface area contributed by atoms with Gasteiger partial charge in [-0.2, -0.15) is 8.42 Å². The molecule has 8 heteroatoms. The maximum Gasteiger partial charge on any atom is 0.339 e. The minimum Gasteiger partial charge on any atom is -0.543 e. The van der Waals surface area contributed by atoms with E-state index < -0.39 is 29.4 Å². The molecule has 0 amide bonds. The summed E-state index contributed by atoms with van der Waals surface area (Å²) in [7, 11) is -7.30. The summed E-state index contributed by atoms with van der Waals surface area (Å²) in [5.74, 6) is -1.38. The predicted molar refractivity (Wildman–Crippen MR) is 79.5 cm³/mol. The Morgan fingerprint density at radius 2 is 1.81 bits per heavy atom. The molecule has 1 aromatic rings. The van der Waals surface area contributed by atoms with Crippen LogP contribution in [0.25, 0.3) is 0 Å². The van der Waals surface area contributed by atoms with E-state index >= 15 is 0 Å². The zero-order valence-electron chi connectivity index (χ0n) is 12.6. The van der Waals surface area contributed by atoms with Gasteiger partial charge in [-0.25, -0.2) is 4.79 Å². The molecule has 0 radical (unpaired) electrons. The minimum atomic E-state index is -4.92. The van der Waals surface area contributed by atoms with Gasteiger partial charge in [0.1, 0.15) is 16.2 Å². The van der Waals surface area contributed by atoms with E-state index in [1.165, 1.54) is 0 Å². The average Bonchev–Trinajstić information content (AvgIpc) is 2.25. The van der Waals surface area contributed by atoms with Crippen LogP contribution in [0.4, 0.5) is 3.89 Å². The van der Waals surface area contributed by atoms with Crippen molar-refractivity contribution in [2.24, 2.45) is 0 Å².